The molecule has 0 aliphatic heterocycles. The highest BCUT2D eigenvalue weighted by molar-refractivity contribution is 6.29. The zero-order valence-electron chi connectivity index (χ0n) is 10.0. The van der Waals surface area contributed by atoms with Crippen molar-refractivity contribution in [3.05, 3.63) is 24.1 Å². The molecule has 0 atom stereocenters. The smallest absolute Gasteiger partial charge is 0.242 e. The lowest BCUT2D eigenvalue weighted by molar-refractivity contribution is -0.116. The van der Waals surface area contributed by atoms with Crippen molar-refractivity contribution < 1.29 is 9.21 Å². The Balaban J connectivity index is 2.02. The van der Waals surface area contributed by atoms with E-state index in [-0.39, 0.29) is 17.8 Å². The topological polar surface area (TPSA) is 46.3 Å². The quantitative estimate of drug-likeness (QED) is 0.801. The minimum atomic E-state index is -0.0604. The first kappa shape index (κ1) is 11.5. The molecule has 2 aromatic rings. The molecule has 1 aromatic heterocycles. The molecular formula is C13H13ClN2O2. The van der Waals surface area contributed by atoms with E-state index in [2.05, 4.69) is 4.98 Å². The maximum atomic E-state index is 11.9. The summed E-state index contributed by atoms with van der Waals surface area (Å²) in [5.74, 6) is 0.572. The molecule has 0 N–H and O–H groups in total. The van der Waals surface area contributed by atoms with E-state index in [0.717, 1.165) is 24.0 Å². The lowest BCUT2D eigenvalue weighted by Crippen LogP contribution is -2.33. The molecule has 4 nitrogen and oxygen atoms in total. The van der Waals surface area contributed by atoms with Crippen LogP contribution < -0.4 is 4.90 Å². The summed E-state index contributed by atoms with van der Waals surface area (Å²) in [5, 5.41) is 0. The Morgan fingerprint density at radius 3 is 3.00 bits per heavy atom. The summed E-state index contributed by atoms with van der Waals surface area (Å²) >= 11 is 5.66. The number of hydrogen-bond donors (Lipinski definition) is 0. The van der Waals surface area contributed by atoms with Gasteiger partial charge in [-0.3, -0.25) is 4.79 Å². The highest BCUT2D eigenvalue weighted by atomic mass is 35.5. The van der Waals surface area contributed by atoms with E-state index < -0.39 is 0 Å². The van der Waals surface area contributed by atoms with Gasteiger partial charge in [0.25, 0.3) is 0 Å². The average molecular weight is 265 g/mol. The Morgan fingerprint density at radius 2 is 2.33 bits per heavy atom. The zero-order valence-corrected chi connectivity index (χ0v) is 10.8. The molecule has 1 aliphatic carbocycles. The lowest BCUT2D eigenvalue weighted by Gasteiger charge is -2.21. The normalized spacial score (nSPS) is 15.0. The van der Waals surface area contributed by atoms with Crippen molar-refractivity contribution >= 4 is 34.3 Å². The van der Waals surface area contributed by atoms with Crippen molar-refractivity contribution in [3.8, 4) is 0 Å². The van der Waals surface area contributed by atoms with E-state index in [1.54, 1.807) is 4.90 Å². The number of carbonyl (C=O) groups excluding carboxylic acids is 1. The summed E-state index contributed by atoms with van der Waals surface area (Å²) in [6, 6.07) is 5.92. The second-order valence-electron chi connectivity index (χ2n) is 4.51. The Kier molecular flexibility index (Phi) is 2.74. The number of benzene rings is 1. The molecule has 18 heavy (non-hydrogen) atoms. The third-order valence-electron chi connectivity index (χ3n) is 3.05. The lowest BCUT2D eigenvalue weighted by atomic mass is 10.2. The highest BCUT2D eigenvalue weighted by Crippen LogP contribution is 2.33. The summed E-state index contributed by atoms with van der Waals surface area (Å²) in [6.45, 7) is 1.81. The molecule has 94 valence electrons. The molecule has 1 aliphatic rings. The number of oxazole rings is 1. The van der Waals surface area contributed by atoms with Crippen molar-refractivity contribution in [2.24, 2.45) is 0 Å². The fourth-order valence-electron chi connectivity index (χ4n) is 2.13. The van der Waals surface area contributed by atoms with Gasteiger partial charge < -0.3 is 9.32 Å². The minimum absolute atomic E-state index is 0.00394. The van der Waals surface area contributed by atoms with E-state index in [9.17, 15) is 4.79 Å². The Morgan fingerprint density at radius 1 is 1.56 bits per heavy atom. The van der Waals surface area contributed by atoms with Crippen LogP contribution in [0, 0.1) is 6.92 Å². The number of halogens is 1. The van der Waals surface area contributed by atoms with Gasteiger partial charge in [0, 0.05) is 24.7 Å². The van der Waals surface area contributed by atoms with Crippen LogP contribution in [0.2, 0.25) is 0 Å². The van der Waals surface area contributed by atoms with Gasteiger partial charge in [0.2, 0.25) is 5.91 Å². The molecule has 1 fully saturated rings. The van der Waals surface area contributed by atoms with Crippen LogP contribution in [-0.4, -0.2) is 22.8 Å². The van der Waals surface area contributed by atoms with Crippen LogP contribution in [0.4, 0.5) is 5.69 Å². The van der Waals surface area contributed by atoms with Gasteiger partial charge in [-0.2, -0.15) is 0 Å². The maximum Gasteiger partial charge on any atom is 0.242 e. The summed E-state index contributed by atoms with van der Waals surface area (Å²) in [6.07, 6.45) is 2.08. The van der Waals surface area contributed by atoms with Crippen molar-refractivity contribution in [1.29, 1.82) is 0 Å². The summed E-state index contributed by atoms with van der Waals surface area (Å²) < 4.78 is 5.49. The number of alkyl halides is 1. The summed E-state index contributed by atoms with van der Waals surface area (Å²) in [7, 11) is 0. The van der Waals surface area contributed by atoms with Crippen molar-refractivity contribution in [3.63, 3.8) is 0 Å². The van der Waals surface area contributed by atoms with Crippen LogP contribution in [0.1, 0.15) is 18.7 Å². The van der Waals surface area contributed by atoms with Crippen LogP contribution in [0.15, 0.2) is 22.6 Å². The number of anilines is 1. The van der Waals surface area contributed by atoms with Gasteiger partial charge in [0.1, 0.15) is 11.4 Å². The number of fused-ring (bicyclic) bond motifs is 1. The monoisotopic (exact) mass is 264 g/mol. The predicted octanol–water partition coefficient (Wildman–Crippen LogP) is 2.87. The molecule has 5 heteroatoms. The molecule has 0 unspecified atom stereocenters. The molecule has 1 amide bonds. The Labute approximate surface area is 110 Å². The number of nitrogens with zero attached hydrogens (tertiary/aromatic N) is 2. The van der Waals surface area contributed by atoms with Gasteiger partial charge in [-0.25, -0.2) is 4.98 Å². The number of carbonyl (C=O) groups is 1. The first-order valence-electron chi connectivity index (χ1n) is 5.94. The second-order valence-corrected chi connectivity index (χ2v) is 4.78. The van der Waals surface area contributed by atoms with E-state index >= 15 is 0 Å². The maximum absolute atomic E-state index is 11.9. The Hall–Kier alpha value is -1.55. The molecule has 3 rings (SSSR count). The predicted molar refractivity (Wildman–Crippen MR) is 70.0 cm³/mol. The van der Waals surface area contributed by atoms with Gasteiger partial charge in [-0.15, -0.1) is 11.6 Å². The van der Waals surface area contributed by atoms with E-state index in [4.69, 9.17) is 16.0 Å². The molecule has 0 saturated heterocycles. The molecule has 0 spiro atoms. The second kappa shape index (κ2) is 4.28. The van der Waals surface area contributed by atoms with Crippen LogP contribution in [0.25, 0.3) is 11.1 Å². The standard InChI is InChI=1S/C13H13ClN2O2/c1-8-15-11-5-4-10(6-12(11)18-8)16(9-2-3-9)13(17)7-14/h4-6,9H,2-3,7H2,1H3. The fraction of sp³-hybridized carbons (Fsp3) is 0.385. The SMILES string of the molecule is Cc1nc2ccc(N(C(=O)CCl)C3CC3)cc2o1. The largest absolute Gasteiger partial charge is 0.441 e. The first-order valence-corrected chi connectivity index (χ1v) is 6.47. The van der Waals surface area contributed by atoms with E-state index in [1.165, 1.54) is 0 Å². The van der Waals surface area contributed by atoms with Crippen LogP contribution >= 0.6 is 11.6 Å². The van der Waals surface area contributed by atoms with Gasteiger partial charge in [0.05, 0.1) is 0 Å². The molecule has 1 saturated carbocycles. The van der Waals surface area contributed by atoms with E-state index in [1.807, 2.05) is 25.1 Å². The average Bonchev–Trinajstić information content (AvgIpc) is 3.10. The first-order chi connectivity index (χ1) is 8.69. The number of hydrogen-bond acceptors (Lipinski definition) is 3. The van der Waals surface area contributed by atoms with Crippen LogP contribution in [0.5, 0.6) is 0 Å². The van der Waals surface area contributed by atoms with E-state index in [0.29, 0.717) is 11.5 Å². The number of aromatic nitrogens is 1. The Bertz CT molecular complexity index is 604. The molecule has 0 radical (unpaired) electrons. The van der Waals surface area contributed by atoms with Crippen molar-refractivity contribution in [2.45, 2.75) is 25.8 Å². The van der Waals surface area contributed by atoms with Crippen molar-refractivity contribution in [2.75, 3.05) is 10.8 Å². The number of rotatable bonds is 3. The van der Waals surface area contributed by atoms with Crippen molar-refractivity contribution in [1.82, 2.24) is 4.98 Å². The molecule has 1 aromatic carbocycles. The van der Waals surface area contributed by atoms with Crippen LogP contribution in [-0.2, 0) is 4.79 Å². The summed E-state index contributed by atoms with van der Waals surface area (Å²) in [4.78, 5) is 17.9. The number of aryl methyl sites for hydroxylation is 1. The summed E-state index contributed by atoms with van der Waals surface area (Å²) in [5.41, 5.74) is 2.36. The zero-order chi connectivity index (χ0) is 12.7. The van der Waals surface area contributed by atoms with Gasteiger partial charge in [0.15, 0.2) is 11.5 Å². The van der Waals surface area contributed by atoms with Gasteiger partial charge >= 0.3 is 0 Å². The molecule has 1 heterocycles. The third kappa shape index (κ3) is 1.97. The molecular weight excluding hydrogens is 252 g/mol. The number of amides is 1. The van der Waals surface area contributed by atoms with Gasteiger partial charge in [-0.1, -0.05) is 0 Å². The fourth-order valence-corrected chi connectivity index (χ4v) is 2.26. The van der Waals surface area contributed by atoms with Gasteiger partial charge in [-0.05, 0) is 25.0 Å². The highest BCUT2D eigenvalue weighted by Gasteiger charge is 2.33. The van der Waals surface area contributed by atoms with Crippen LogP contribution in [0.3, 0.4) is 0 Å². The third-order valence-corrected chi connectivity index (χ3v) is 3.28. The minimum Gasteiger partial charge on any atom is -0.441 e. The molecule has 0 bridgehead atoms.